The Bertz CT molecular complexity index is 210. The van der Waals surface area contributed by atoms with Crippen molar-refractivity contribution in [2.45, 2.75) is 6.54 Å². The summed E-state index contributed by atoms with van der Waals surface area (Å²) in [6, 6.07) is 7.80. The zero-order valence-electron chi connectivity index (χ0n) is 5.68. The van der Waals surface area contributed by atoms with Gasteiger partial charge in [0.15, 0.2) is 0 Å². The lowest BCUT2D eigenvalue weighted by Crippen LogP contribution is -2.74. The lowest BCUT2D eigenvalue weighted by atomic mass is 10.2. The van der Waals surface area contributed by atoms with Gasteiger partial charge in [0, 0.05) is 10.6 Å². The minimum Gasteiger partial charge on any atom is -0.475 e. The van der Waals surface area contributed by atoms with Crippen LogP contribution in [0.25, 0.3) is 0 Å². The standard InChI is InChI=1S/C8H10ClN/c1-10-6-7-3-2-4-8(9)5-7/h2-5H,1,6,10H2. The van der Waals surface area contributed by atoms with Crippen molar-refractivity contribution in [3.05, 3.63) is 41.9 Å². The van der Waals surface area contributed by atoms with E-state index in [1.165, 1.54) is 5.56 Å². The number of rotatable bonds is 2. The highest BCUT2D eigenvalue weighted by molar-refractivity contribution is 6.30. The minimum absolute atomic E-state index is 0.791. The van der Waals surface area contributed by atoms with E-state index in [0.717, 1.165) is 11.6 Å². The largest absolute Gasteiger partial charge is 0.475 e. The molecule has 0 spiro atoms. The summed E-state index contributed by atoms with van der Waals surface area (Å²) in [5.41, 5.74) is 1.21. The summed E-state index contributed by atoms with van der Waals surface area (Å²) < 4.78 is 0. The fraction of sp³-hybridized carbons (Fsp3) is 0.125. The van der Waals surface area contributed by atoms with E-state index in [0.29, 0.717) is 0 Å². The summed E-state index contributed by atoms with van der Waals surface area (Å²) in [6.07, 6.45) is 0. The van der Waals surface area contributed by atoms with Gasteiger partial charge in [0.2, 0.25) is 0 Å². The van der Waals surface area contributed by atoms with Gasteiger partial charge >= 0.3 is 0 Å². The molecule has 1 aromatic carbocycles. The molecule has 10 heavy (non-hydrogen) atoms. The van der Waals surface area contributed by atoms with Crippen molar-refractivity contribution in [2.24, 2.45) is 0 Å². The average molecular weight is 156 g/mol. The zero-order chi connectivity index (χ0) is 7.40. The number of benzene rings is 1. The molecule has 0 fully saturated rings. The second kappa shape index (κ2) is 3.59. The fourth-order valence-electron chi connectivity index (χ4n) is 0.831. The number of halogens is 1. The lowest BCUT2D eigenvalue weighted by molar-refractivity contribution is -0.612. The van der Waals surface area contributed by atoms with Crippen LogP contribution in [0.15, 0.2) is 24.3 Å². The zero-order valence-corrected chi connectivity index (χ0v) is 6.43. The van der Waals surface area contributed by atoms with Crippen molar-refractivity contribution in [3.63, 3.8) is 0 Å². The van der Waals surface area contributed by atoms with Crippen molar-refractivity contribution in [1.82, 2.24) is 0 Å². The molecule has 2 N–H and O–H groups in total. The van der Waals surface area contributed by atoms with E-state index in [-0.39, 0.29) is 0 Å². The first kappa shape index (κ1) is 7.58. The molecule has 1 rings (SSSR count). The highest BCUT2D eigenvalue weighted by atomic mass is 35.5. The molecule has 0 amide bonds. The molecule has 0 atom stereocenters. The van der Waals surface area contributed by atoms with E-state index in [1.807, 2.05) is 29.6 Å². The molecule has 0 radical (unpaired) electrons. The molecule has 1 nitrogen and oxygen atoms in total. The molecular weight excluding hydrogens is 146 g/mol. The van der Waals surface area contributed by atoms with E-state index in [4.69, 9.17) is 11.6 Å². The summed E-state index contributed by atoms with van der Waals surface area (Å²) in [7, 11) is 3.64. The molecule has 1 aromatic rings. The lowest BCUT2D eigenvalue weighted by Gasteiger charge is -1.99. The highest BCUT2D eigenvalue weighted by Crippen LogP contribution is 2.08. The molecule has 2 heteroatoms. The van der Waals surface area contributed by atoms with Crippen molar-refractivity contribution in [2.75, 3.05) is 0 Å². The number of hydrogen-bond acceptors (Lipinski definition) is 0. The molecule has 0 unspecified atom stereocenters. The van der Waals surface area contributed by atoms with Crippen molar-refractivity contribution in [3.8, 4) is 0 Å². The normalized spacial score (nSPS) is 9.80. The maximum absolute atomic E-state index is 5.75. The van der Waals surface area contributed by atoms with Gasteiger partial charge in [-0.2, -0.15) is 7.05 Å². The van der Waals surface area contributed by atoms with Gasteiger partial charge in [-0.1, -0.05) is 23.7 Å². The minimum atomic E-state index is 0.791. The van der Waals surface area contributed by atoms with Crippen LogP contribution in [0.1, 0.15) is 5.56 Å². The summed E-state index contributed by atoms with van der Waals surface area (Å²) in [5.74, 6) is 0. The summed E-state index contributed by atoms with van der Waals surface area (Å²) in [4.78, 5) is 0. The molecule has 0 saturated carbocycles. The van der Waals surface area contributed by atoms with Crippen LogP contribution in [0, 0.1) is 7.05 Å². The first-order chi connectivity index (χ1) is 4.83. The molecule has 0 aromatic heterocycles. The third-order valence-corrected chi connectivity index (χ3v) is 1.50. The summed E-state index contributed by atoms with van der Waals surface area (Å²) in [6.45, 7) is 0.889. The Labute approximate surface area is 66.0 Å². The van der Waals surface area contributed by atoms with Gasteiger partial charge in [0.25, 0.3) is 0 Å². The maximum atomic E-state index is 5.75. The first-order valence-corrected chi connectivity index (χ1v) is 3.56. The third-order valence-electron chi connectivity index (χ3n) is 1.27. The van der Waals surface area contributed by atoms with Gasteiger partial charge in [-0.15, -0.1) is 0 Å². The maximum Gasteiger partial charge on any atom is 0.0773 e. The van der Waals surface area contributed by atoms with Gasteiger partial charge in [-0.3, -0.25) is 0 Å². The molecule has 54 valence electrons. The topological polar surface area (TPSA) is 16.6 Å². The second-order valence-electron chi connectivity index (χ2n) is 2.12. The van der Waals surface area contributed by atoms with E-state index >= 15 is 0 Å². The van der Waals surface area contributed by atoms with E-state index < -0.39 is 0 Å². The van der Waals surface area contributed by atoms with Crippen molar-refractivity contribution in [1.29, 1.82) is 0 Å². The number of quaternary nitrogens is 1. The van der Waals surface area contributed by atoms with Gasteiger partial charge in [-0.25, -0.2) is 0 Å². The van der Waals surface area contributed by atoms with Gasteiger partial charge in [-0.05, 0) is 12.1 Å². The van der Waals surface area contributed by atoms with Crippen LogP contribution in [-0.4, -0.2) is 0 Å². The van der Waals surface area contributed by atoms with Gasteiger partial charge in [0.1, 0.15) is 0 Å². The van der Waals surface area contributed by atoms with Crippen molar-refractivity contribution >= 4 is 11.6 Å². The van der Waals surface area contributed by atoms with Crippen LogP contribution in [0.4, 0.5) is 0 Å². The Balaban J connectivity index is 2.75. The third kappa shape index (κ3) is 2.01. The predicted molar refractivity (Wildman–Crippen MR) is 42.4 cm³/mol. The Kier molecular flexibility index (Phi) is 2.72. The Morgan fingerprint density at radius 2 is 2.30 bits per heavy atom. The van der Waals surface area contributed by atoms with Crippen molar-refractivity contribution < 1.29 is 5.32 Å². The monoisotopic (exact) mass is 155 g/mol. The smallest absolute Gasteiger partial charge is 0.0773 e. The second-order valence-corrected chi connectivity index (χ2v) is 2.56. The van der Waals surface area contributed by atoms with E-state index in [9.17, 15) is 0 Å². The molecular formula is C8H10ClN. The predicted octanol–water partition coefficient (Wildman–Crippen LogP) is 1.19. The molecule has 0 aliphatic heterocycles. The number of hydrogen-bond donors (Lipinski definition) is 1. The SMILES string of the molecule is [CH2-][NH2+]Cc1cccc(Cl)c1. The Hall–Kier alpha value is -0.530. The Morgan fingerprint density at radius 3 is 2.90 bits per heavy atom. The number of nitrogens with two attached hydrogens (primary N) is 1. The quantitative estimate of drug-likeness (QED) is 0.619. The average Bonchev–Trinajstić information content (AvgIpc) is 1.88. The van der Waals surface area contributed by atoms with E-state index in [2.05, 4.69) is 7.05 Å². The van der Waals surface area contributed by atoms with Gasteiger partial charge in [0.05, 0.1) is 6.54 Å². The molecule has 0 bridgehead atoms. The Morgan fingerprint density at radius 1 is 1.50 bits per heavy atom. The van der Waals surface area contributed by atoms with E-state index in [1.54, 1.807) is 0 Å². The summed E-state index contributed by atoms with van der Waals surface area (Å²) in [5, 5.41) is 2.66. The molecule has 0 heterocycles. The molecule has 0 aliphatic rings. The van der Waals surface area contributed by atoms with Crippen LogP contribution in [0.5, 0.6) is 0 Å². The summed E-state index contributed by atoms with van der Waals surface area (Å²) >= 11 is 5.75. The molecule has 0 aliphatic carbocycles. The van der Waals surface area contributed by atoms with Crippen LogP contribution in [0.2, 0.25) is 5.02 Å². The van der Waals surface area contributed by atoms with Gasteiger partial charge < -0.3 is 5.32 Å². The highest BCUT2D eigenvalue weighted by Gasteiger charge is 1.90. The van der Waals surface area contributed by atoms with Crippen LogP contribution in [-0.2, 0) is 6.54 Å². The van der Waals surface area contributed by atoms with Crippen LogP contribution in [0.3, 0.4) is 0 Å². The van der Waals surface area contributed by atoms with Crippen LogP contribution < -0.4 is 5.32 Å². The van der Waals surface area contributed by atoms with Crippen LogP contribution >= 0.6 is 11.6 Å². The first-order valence-electron chi connectivity index (χ1n) is 3.18. The molecule has 0 saturated heterocycles. The fourth-order valence-corrected chi connectivity index (χ4v) is 1.04.